The first-order valence-electron chi connectivity index (χ1n) is 10.2. The zero-order valence-corrected chi connectivity index (χ0v) is 19.4. The van der Waals surface area contributed by atoms with Crippen molar-refractivity contribution in [2.75, 3.05) is 12.4 Å². The van der Waals surface area contributed by atoms with E-state index < -0.39 is 29.5 Å². The standard InChI is InChI=1S/C22H24F3N3O4S/c1-20(2,3)12-7-8-13-14(11-26)18(33-16(13)10-12)28-21(19(30)31-4,22(23,24)25)27-17(29)15-6-5-9-32-15/h5-6,9,12,28H,7-8,10H2,1-4H3,(H,27,29)/t12-,21-/m1/s1. The van der Waals surface area contributed by atoms with Crippen molar-refractivity contribution < 1.29 is 31.9 Å². The summed E-state index contributed by atoms with van der Waals surface area (Å²) < 4.78 is 52.3. The van der Waals surface area contributed by atoms with Gasteiger partial charge in [-0.15, -0.1) is 11.3 Å². The number of alkyl halides is 3. The van der Waals surface area contributed by atoms with Gasteiger partial charge in [-0.05, 0) is 48.3 Å². The predicted octanol–water partition coefficient (Wildman–Crippen LogP) is 4.64. The van der Waals surface area contributed by atoms with Crippen molar-refractivity contribution in [2.45, 2.75) is 51.9 Å². The highest BCUT2D eigenvalue weighted by molar-refractivity contribution is 7.16. The number of ether oxygens (including phenoxy) is 1. The monoisotopic (exact) mass is 483 g/mol. The Kier molecular flexibility index (Phi) is 6.53. The van der Waals surface area contributed by atoms with Crippen molar-refractivity contribution in [3.05, 3.63) is 40.2 Å². The van der Waals surface area contributed by atoms with Gasteiger partial charge in [-0.25, -0.2) is 4.79 Å². The van der Waals surface area contributed by atoms with E-state index in [0.717, 1.165) is 42.1 Å². The molecule has 2 heterocycles. The number of halogens is 3. The minimum Gasteiger partial charge on any atom is -0.466 e. The Morgan fingerprint density at radius 1 is 1.30 bits per heavy atom. The van der Waals surface area contributed by atoms with E-state index in [0.29, 0.717) is 18.4 Å². The van der Waals surface area contributed by atoms with Crippen molar-refractivity contribution in [1.82, 2.24) is 5.32 Å². The number of carbonyl (C=O) groups excluding carboxylic acids is 2. The molecule has 0 aromatic carbocycles. The van der Waals surface area contributed by atoms with Crippen LogP contribution in [0, 0.1) is 22.7 Å². The number of fused-ring (bicyclic) bond motifs is 1. The van der Waals surface area contributed by atoms with E-state index in [4.69, 9.17) is 4.42 Å². The van der Waals surface area contributed by atoms with Crippen LogP contribution in [0.5, 0.6) is 0 Å². The third kappa shape index (κ3) is 4.57. The second kappa shape index (κ2) is 8.74. The van der Waals surface area contributed by atoms with Gasteiger partial charge in [0, 0.05) is 4.88 Å². The average Bonchev–Trinajstić information content (AvgIpc) is 3.38. The molecule has 0 aliphatic heterocycles. The van der Waals surface area contributed by atoms with Crippen molar-refractivity contribution in [3.8, 4) is 6.07 Å². The number of nitrogens with zero attached hydrogens (tertiary/aromatic N) is 1. The van der Waals surface area contributed by atoms with Crippen LogP contribution >= 0.6 is 11.3 Å². The molecule has 0 saturated carbocycles. The maximum absolute atomic E-state index is 14.4. The number of rotatable bonds is 5. The van der Waals surface area contributed by atoms with Crippen LogP contribution in [-0.2, 0) is 22.4 Å². The van der Waals surface area contributed by atoms with Gasteiger partial charge in [0.2, 0.25) is 0 Å². The molecule has 2 atom stereocenters. The topological polar surface area (TPSA) is 104 Å². The first-order chi connectivity index (χ1) is 15.3. The third-order valence-electron chi connectivity index (χ3n) is 5.87. The van der Waals surface area contributed by atoms with E-state index in [-0.39, 0.29) is 21.9 Å². The van der Waals surface area contributed by atoms with Gasteiger partial charge in [0.25, 0.3) is 5.91 Å². The van der Waals surface area contributed by atoms with Gasteiger partial charge in [-0.2, -0.15) is 18.4 Å². The van der Waals surface area contributed by atoms with Crippen LogP contribution in [0.25, 0.3) is 0 Å². The van der Waals surface area contributed by atoms with Crippen LogP contribution in [-0.4, -0.2) is 30.8 Å². The van der Waals surface area contributed by atoms with Gasteiger partial charge in [0.15, 0.2) is 5.76 Å². The Morgan fingerprint density at radius 2 is 2.00 bits per heavy atom. The van der Waals surface area contributed by atoms with Crippen LogP contribution in [0.15, 0.2) is 22.8 Å². The Labute approximate surface area is 192 Å². The summed E-state index contributed by atoms with van der Waals surface area (Å²) in [6.45, 7) is 6.28. The largest absolute Gasteiger partial charge is 0.466 e. The Morgan fingerprint density at radius 3 is 2.52 bits per heavy atom. The molecular weight excluding hydrogens is 459 g/mol. The van der Waals surface area contributed by atoms with Crippen LogP contribution < -0.4 is 10.6 Å². The molecule has 1 aliphatic carbocycles. The number of nitriles is 1. The predicted molar refractivity (Wildman–Crippen MR) is 115 cm³/mol. The fourth-order valence-corrected chi connectivity index (χ4v) is 5.22. The van der Waals surface area contributed by atoms with Gasteiger partial charge in [-0.1, -0.05) is 20.8 Å². The molecule has 7 nitrogen and oxygen atoms in total. The zero-order valence-electron chi connectivity index (χ0n) is 18.6. The normalized spacial score (nSPS) is 17.9. The maximum atomic E-state index is 14.4. The van der Waals surface area contributed by atoms with E-state index in [9.17, 15) is 28.0 Å². The molecule has 0 spiro atoms. The Bertz CT molecular complexity index is 1080. The lowest BCUT2D eigenvalue weighted by Gasteiger charge is -2.34. The molecule has 2 aromatic rings. The highest BCUT2D eigenvalue weighted by Crippen LogP contribution is 2.45. The molecule has 0 fully saturated rings. The number of furan rings is 1. The van der Waals surface area contributed by atoms with Gasteiger partial charge in [-0.3, -0.25) is 4.79 Å². The molecular formula is C22H24F3N3O4S. The minimum absolute atomic E-state index is 0.0131. The number of amides is 1. The van der Waals surface area contributed by atoms with Crippen molar-refractivity contribution >= 4 is 28.2 Å². The summed E-state index contributed by atoms with van der Waals surface area (Å²) in [5.41, 5.74) is -2.94. The van der Waals surface area contributed by atoms with Crippen molar-refractivity contribution in [1.29, 1.82) is 5.26 Å². The van der Waals surface area contributed by atoms with E-state index in [1.54, 1.807) is 5.32 Å². The number of anilines is 1. The number of methoxy groups -OCH3 is 1. The highest BCUT2D eigenvalue weighted by atomic mass is 32.1. The molecule has 2 N–H and O–H groups in total. The molecule has 33 heavy (non-hydrogen) atoms. The van der Waals surface area contributed by atoms with E-state index >= 15 is 0 Å². The first kappa shape index (κ1) is 24.6. The second-order valence-corrected chi connectivity index (χ2v) is 10.0. The Hall–Kier alpha value is -3.00. The number of hydrogen-bond donors (Lipinski definition) is 2. The molecule has 0 radical (unpaired) electrons. The lowest BCUT2D eigenvalue weighted by Crippen LogP contribution is -2.69. The van der Waals surface area contributed by atoms with Gasteiger partial charge < -0.3 is 19.8 Å². The lowest BCUT2D eigenvalue weighted by molar-refractivity contribution is -0.203. The third-order valence-corrected chi connectivity index (χ3v) is 7.04. The van der Waals surface area contributed by atoms with Crippen LogP contribution in [0.1, 0.15) is 53.8 Å². The summed E-state index contributed by atoms with van der Waals surface area (Å²) >= 11 is 0.986. The first-order valence-corrected chi connectivity index (χ1v) is 11.0. The summed E-state index contributed by atoms with van der Waals surface area (Å²) in [6, 6.07) is 4.45. The number of esters is 1. The lowest BCUT2D eigenvalue weighted by atomic mass is 9.72. The summed E-state index contributed by atoms with van der Waals surface area (Å²) in [4.78, 5) is 25.7. The van der Waals surface area contributed by atoms with E-state index in [1.807, 2.05) is 6.07 Å². The average molecular weight is 484 g/mol. The quantitative estimate of drug-likeness (QED) is 0.474. The molecule has 3 rings (SSSR count). The van der Waals surface area contributed by atoms with Crippen LogP contribution in [0.2, 0.25) is 0 Å². The van der Waals surface area contributed by atoms with Gasteiger partial charge >= 0.3 is 17.8 Å². The summed E-state index contributed by atoms with van der Waals surface area (Å²) in [5, 5.41) is 13.4. The molecule has 178 valence electrons. The summed E-state index contributed by atoms with van der Waals surface area (Å²) in [7, 11) is 0.780. The summed E-state index contributed by atoms with van der Waals surface area (Å²) in [5.74, 6) is -3.19. The Balaban J connectivity index is 2.07. The smallest absolute Gasteiger partial charge is 0.441 e. The highest BCUT2D eigenvalue weighted by Gasteiger charge is 2.64. The summed E-state index contributed by atoms with van der Waals surface area (Å²) in [6.07, 6.45) is -2.27. The van der Waals surface area contributed by atoms with Gasteiger partial charge in [0.1, 0.15) is 11.1 Å². The molecule has 1 aliphatic rings. The SMILES string of the molecule is COC(=O)[C@@](NC(=O)c1ccco1)(Nc1sc2c(c1C#N)CC[C@@H](C(C)(C)C)C2)C(F)(F)F. The molecule has 1 amide bonds. The van der Waals surface area contributed by atoms with E-state index in [2.05, 4.69) is 30.8 Å². The second-order valence-electron chi connectivity index (χ2n) is 8.92. The molecule has 11 heteroatoms. The van der Waals surface area contributed by atoms with Crippen LogP contribution in [0.4, 0.5) is 18.2 Å². The molecule has 0 saturated heterocycles. The molecule has 2 aromatic heterocycles. The fourth-order valence-electron chi connectivity index (χ4n) is 3.89. The van der Waals surface area contributed by atoms with E-state index in [1.165, 1.54) is 6.07 Å². The minimum atomic E-state index is -5.31. The molecule has 0 unspecified atom stereocenters. The van der Waals surface area contributed by atoms with Crippen molar-refractivity contribution in [2.24, 2.45) is 11.3 Å². The van der Waals surface area contributed by atoms with Gasteiger partial charge in [0.05, 0.1) is 18.9 Å². The van der Waals surface area contributed by atoms with Crippen LogP contribution in [0.3, 0.4) is 0 Å². The number of hydrogen-bond acceptors (Lipinski definition) is 7. The number of nitrogens with one attached hydrogen (secondary N) is 2. The zero-order chi connectivity index (χ0) is 24.6. The number of carbonyl (C=O) groups is 2. The fraction of sp³-hybridized carbons (Fsp3) is 0.500. The maximum Gasteiger partial charge on any atom is 0.441 e. The molecule has 0 bridgehead atoms. The van der Waals surface area contributed by atoms with Crippen molar-refractivity contribution in [3.63, 3.8) is 0 Å². The number of thiophene rings is 1.